The van der Waals surface area contributed by atoms with Gasteiger partial charge in [0, 0.05) is 11.8 Å². The number of aryl methyl sites for hydroxylation is 1. The van der Waals surface area contributed by atoms with Gasteiger partial charge < -0.3 is 5.73 Å². The van der Waals surface area contributed by atoms with Crippen molar-refractivity contribution in [3.05, 3.63) is 53.6 Å². The lowest BCUT2D eigenvalue weighted by Crippen LogP contribution is -2.15. The van der Waals surface area contributed by atoms with Crippen LogP contribution in [0.2, 0.25) is 0 Å². The zero-order valence-electron chi connectivity index (χ0n) is 12.8. The molecule has 2 heterocycles. The van der Waals surface area contributed by atoms with E-state index in [0.29, 0.717) is 26.8 Å². The van der Waals surface area contributed by atoms with E-state index >= 15 is 0 Å². The third-order valence-electron chi connectivity index (χ3n) is 3.36. The number of nitrogens with two attached hydrogens (primary N) is 1. The Hall–Kier alpha value is -2.81. The van der Waals surface area contributed by atoms with E-state index in [1.807, 2.05) is 0 Å². The van der Waals surface area contributed by atoms with Crippen LogP contribution in [0.3, 0.4) is 0 Å². The summed E-state index contributed by atoms with van der Waals surface area (Å²) in [6, 6.07) is 6.39. The van der Waals surface area contributed by atoms with Gasteiger partial charge in [-0.25, -0.2) is 15.0 Å². The summed E-state index contributed by atoms with van der Waals surface area (Å²) in [6.45, 7) is 1.76. The van der Waals surface area contributed by atoms with Crippen LogP contribution in [0.15, 0.2) is 36.5 Å². The average Bonchev–Trinajstić information content (AvgIpc) is 2.96. The molecule has 1 aromatic carbocycles. The Kier molecular flexibility index (Phi) is 4.25. The number of nitrogens with zero attached hydrogens (tertiary/aromatic N) is 3. The van der Waals surface area contributed by atoms with Gasteiger partial charge in [-0.2, -0.15) is 13.2 Å². The minimum absolute atomic E-state index is 0.110. The lowest BCUT2D eigenvalue weighted by atomic mass is 10.1. The summed E-state index contributed by atoms with van der Waals surface area (Å²) >= 11 is 1.26. The molecule has 0 bridgehead atoms. The largest absolute Gasteiger partial charge is 0.416 e. The van der Waals surface area contributed by atoms with Crippen molar-refractivity contribution in [1.29, 1.82) is 0 Å². The average molecular weight is 364 g/mol. The number of alkyl halides is 3. The maximum Gasteiger partial charge on any atom is 0.416 e. The summed E-state index contributed by atoms with van der Waals surface area (Å²) in [5.41, 5.74) is 6.16. The lowest BCUT2D eigenvalue weighted by Gasteiger charge is -2.06. The highest BCUT2D eigenvalue weighted by Crippen LogP contribution is 2.36. The minimum Gasteiger partial charge on any atom is -0.363 e. The SMILES string of the molecule is Cc1nc(-c2ccc(C(F)(F)F)cc2)sc1-c1ccnc(C(N)=O)n1. The molecule has 0 saturated heterocycles. The summed E-state index contributed by atoms with van der Waals surface area (Å²) in [5.74, 6) is -0.853. The van der Waals surface area contributed by atoms with Crippen LogP contribution in [-0.2, 0) is 6.18 Å². The van der Waals surface area contributed by atoms with Crippen LogP contribution in [0.1, 0.15) is 21.9 Å². The number of carbonyl (C=O) groups excluding carboxylic acids is 1. The molecule has 0 aliphatic heterocycles. The third-order valence-corrected chi connectivity index (χ3v) is 4.59. The van der Waals surface area contributed by atoms with Crippen molar-refractivity contribution in [3.63, 3.8) is 0 Å². The molecule has 0 fully saturated rings. The fourth-order valence-corrected chi connectivity index (χ4v) is 3.20. The molecule has 1 amide bonds. The second-order valence-corrected chi connectivity index (χ2v) is 6.14. The van der Waals surface area contributed by atoms with Crippen LogP contribution < -0.4 is 5.73 Å². The number of carbonyl (C=O) groups is 1. The van der Waals surface area contributed by atoms with Crippen LogP contribution in [0.4, 0.5) is 13.2 Å². The standard InChI is InChI=1S/C16H11F3N4OS/c1-8-12(11-6-7-21-14(23-11)13(20)24)25-15(22-8)9-2-4-10(5-3-9)16(17,18)19/h2-7H,1H3,(H2,20,24). The van der Waals surface area contributed by atoms with Gasteiger partial charge in [-0.1, -0.05) is 12.1 Å². The molecule has 25 heavy (non-hydrogen) atoms. The smallest absolute Gasteiger partial charge is 0.363 e. The quantitative estimate of drug-likeness (QED) is 0.768. The molecule has 9 heteroatoms. The van der Waals surface area contributed by atoms with E-state index in [0.717, 1.165) is 12.1 Å². The normalized spacial score (nSPS) is 11.5. The fraction of sp³-hybridized carbons (Fsp3) is 0.125. The molecule has 3 aromatic rings. The monoisotopic (exact) mass is 364 g/mol. The first-order chi connectivity index (χ1) is 11.8. The van der Waals surface area contributed by atoms with Crippen molar-refractivity contribution in [2.75, 3.05) is 0 Å². The van der Waals surface area contributed by atoms with E-state index in [4.69, 9.17) is 5.73 Å². The minimum atomic E-state index is -4.38. The zero-order chi connectivity index (χ0) is 18.2. The predicted octanol–water partition coefficient (Wildman–Crippen LogP) is 3.69. The highest BCUT2D eigenvalue weighted by Gasteiger charge is 2.30. The van der Waals surface area contributed by atoms with Gasteiger partial charge >= 0.3 is 6.18 Å². The van der Waals surface area contributed by atoms with Crippen LogP contribution in [0.25, 0.3) is 21.1 Å². The van der Waals surface area contributed by atoms with Crippen molar-refractivity contribution in [2.45, 2.75) is 13.1 Å². The van der Waals surface area contributed by atoms with Gasteiger partial charge in [0.05, 0.1) is 21.8 Å². The molecule has 5 nitrogen and oxygen atoms in total. The molecule has 0 unspecified atom stereocenters. The van der Waals surface area contributed by atoms with Gasteiger partial charge in [-0.3, -0.25) is 4.79 Å². The van der Waals surface area contributed by atoms with Crippen LogP contribution in [0.5, 0.6) is 0 Å². The Labute approximate surface area is 144 Å². The molecule has 0 spiro atoms. The number of thiazole rings is 1. The van der Waals surface area contributed by atoms with Gasteiger partial charge in [-0.15, -0.1) is 11.3 Å². The summed E-state index contributed by atoms with van der Waals surface area (Å²) in [5, 5.41) is 0.556. The van der Waals surface area contributed by atoms with E-state index in [1.54, 1.807) is 13.0 Å². The molecular formula is C16H11F3N4OS. The van der Waals surface area contributed by atoms with Crippen molar-refractivity contribution >= 4 is 17.2 Å². The van der Waals surface area contributed by atoms with Crippen LogP contribution >= 0.6 is 11.3 Å². The zero-order valence-corrected chi connectivity index (χ0v) is 13.6. The van der Waals surface area contributed by atoms with E-state index in [-0.39, 0.29) is 5.82 Å². The van der Waals surface area contributed by atoms with Gasteiger partial charge in [-0.05, 0) is 25.1 Å². The first-order valence-electron chi connectivity index (χ1n) is 7.04. The lowest BCUT2D eigenvalue weighted by molar-refractivity contribution is -0.137. The predicted molar refractivity (Wildman–Crippen MR) is 86.8 cm³/mol. The summed E-state index contributed by atoms with van der Waals surface area (Å²) < 4.78 is 37.9. The number of amides is 1. The number of primary amides is 1. The Morgan fingerprint density at radius 2 is 1.80 bits per heavy atom. The second-order valence-electron chi connectivity index (χ2n) is 5.14. The molecule has 0 aliphatic rings. The number of benzene rings is 1. The van der Waals surface area contributed by atoms with Crippen molar-refractivity contribution in [1.82, 2.24) is 15.0 Å². The van der Waals surface area contributed by atoms with Crippen LogP contribution in [0, 0.1) is 6.92 Å². The summed E-state index contributed by atoms with van der Waals surface area (Å²) in [6.07, 6.45) is -2.96. The summed E-state index contributed by atoms with van der Waals surface area (Å²) in [4.78, 5) is 24.2. The van der Waals surface area contributed by atoms with E-state index in [2.05, 4.69) is 15.0 Å². The number of hydrogen-bond acceptors (Lipinski definition) is 5. The van der Waals surface area contributed by atoms with Gasteiger partial charge in [0.1, 0.15) is 5.01 Å². The van der Waals surface area contributed by atoms with E-state index in [9.17, 15) is 18.0 Å². The first kappa shape index (κ1) is 17.0. The third kappa shape index (κ3) is 3.50. The maximum absolute atomic E-state index is 12.6. The molecule has 0 saturated carbocycles. The summed E-state index contributed by atoms with van der Waals surface area (Å²) in [7, 11) is 0. The van der Waals surface area contributed by atoms with Crippen molar-refractivity contribution < 1.29 is 18.0 Å². The Morgan fingerprint density at radius 1 is 1.12 bits per heavy atom. The Bertz CT molecular complexity index is 935. The van der Waals surface area contributed by atoms with Crippen molar-refractivity contribution in [3.8, 4) is 21.1 Å². The molecule has 2 aromatic heterocycles. The topological polar surface area (TPSA) is 81.8 Å². The molecule has 0 radical (unpaired) electrons. The number of aromatic nitrogens is 3. The number of hydrogen-bond donors (Lipinski definition) is 1. The number of halogens is 3. The van der Waals surface area contributed by atoms with Gasteiger partial charge in [0.15, 0.2) is 0 Å². The molecule has 2 N–H and O–H groups in total. The molecule has 0 atom stereocenters. The van der Waals surface area contributed by atoms with Gasteiger partial charge in [0.2, 0.25) is 5.82 Å². The molecule has 3 rings (SSSR count). The Morgan fingerprint density at radius 3 is 2.40 bits per heavy atom. The Balaban J connectivity index is 1.98. The number of rotatable bonds is 3. The van der Waals surface area contributed by atoms with Crippen LogP contribution in [-0.4, -0.2) is 20.9 Å². The molecule has 128 valence electrons. The van der Waals surface area contributed by atoms with Gasteiger partial charge in [0.25, 0.3) is 5.91 Å². The first-order valence-corrected chi connectivity index (χ1v) is 7.85. The fourth-order valence-electron chi connectivity index (χ4n) is 2.16. The maximum atomic E-state index is 12.6. The molecule has 0 aliphatic carbocycles. The molecular weight excluding hydrogens is 353 g/mol. The highest BCUT2D eigenvalue weighted by atomic mass is 32.1. The van der Waals surface area contributed by atoms with E-state index in [1.165, 1.54) is 29.7 Å². The van der Waals surface area contributed by atoms with Crippen molar-refractivity contribution in [2.24, 2.45) is 5.73 Å². The second kappa shape index (κ2) is 6.25. The van der Waals surface area contributed by atoms with E-state index < -0.39 is 17.6 Å². The highest BCUT2D eigenvalue weighted by molar-refractivity contribution is 7.18.